The molecule has 0 aliphatic carbocycles. The molecule has 0 saturated heterocycles. The SMILES string of the molecule is CC(C)(C)OC(=O)NCC(C)(C)c1cccc(B(O)O)c1. The first-order valence-electron chi connectivity index (χ1n) is 6.95. The van der Waals surface area contributed by atoms with Gasteiger partial charge in [0.2, 0.25) is 0 Å². The van der Waals surface area contributed by atoms with Gasteiger partial charge in [0.15, 0.2) is 0 Å². The topological polar surface area (TPSA) is 78.8 Å². The van der Waals surface area contributed by atoms with E-state index in [1.54, 1.807) is 18.2 Å². The van der Waals surface area contributed by atoms with Gasteiger partial charge in [-0.3, -0.25) is 0 Å². The monoisotopic (exact) mass is 293 g/mol. The van der Waals surface area contributed by atoms with E-state index in [0.29, 0.717) is 12.0 Å². The Morgan fingerprint density at radius 1 is 1.24 bits per heavy atom. The van der Waals surface area contributed by atoms with Crippen molar-refractivity contribution < 1.29 is 19.6 Å². The lowest BCUT2D eigenvalue weighted by atomic mass is 9.75. The van der Waals surface area contributed by atoms with Crippen LogP contribution in [0.4, 0.5) is 4.79 Å². The first kappa shape index (κ1) is 17.5. The van der Waals surface area contributed by atoms with Crippen molar-refractivity contribution in [3.63, 3.8) is 0 Å². The summed E-state index contributed by atoms with van der Waals surface area (Å²) >= 11 is 0. The van der Waals surface area contributed by atoms with E-state index in [2.05, 4.69) is 5.32 Å². The number of alkyl carbamates (subject to hydrolysis) is 1. The third kappa shape index (κ3) is 5.77. The number of ether oxygens (including phenoxy) is 1. The van der Waals surface area contributed by atoms with Crippen molar-refractivity contribution >= 4 is 18.7 Å². The van der Waals surface area contributed by atoms with Gasteiger partial charge in [-0.1, -0.05) is 38.1 Å². The van der Waals surface area contributed by atoms with Crippen LogP contribution in [-0.2, 0) is 10.2 Å². The maximum Gasteiger partial charge on any atom is 0.488 e. The normalized spacial score (nSPS) is 12.0. The zero-order valence-corrected chi connectivity index (χ0v) is 13.3. The number of rotatable bonds is 4. The van der Waals surface area contributed by atoms with Crippen LogP contribution in [0.3, 0.4) is 0 Å². The number of benzene rings is 1. The largest absolute Gasteiger partial charge is 0.488 e. The molecule has 0 atom stereocenters. The molecule has 0 heterocycles. The highest BCUT2D eigenvalue weighted by molar-refractivity contribution is 6.58. The molecule has 0 fully saturated rings. The Morgan fingerprint density at radius 2 is 1.86 bits per heavy atom. The summed E-state index contributed by atoms with van der Waals surface area (Å²) in [6.45, 7) is 9.74. The fourth-order valence-corrected chi connectivity index (χ4v) is 1.83. The van der Waals surface area contributed by atoms with Crippen molar-refractivity contribution in [1.82, 2.24) is 5.32 Å². The van der Waals surface area contributed by atoms with Crippen LogP contribution in [-0.4, -0.2) is 35.4 Å². The van der Waals surface area contributed by atoms with Crippen molar-refractivity contribution in [2.24, 2.45) is 0 Å². The van der Waals surface area contributed by atoms with Gasteiger partial charge < -0.3 is 20.1 Å². The summed E-state index contributed by atoms with van der Waals surface area (Å²) in [6, 6.07) is 7.02. The number of nitrogens with one attached hydrogen (secondary N) is 1. The van der Waals surface area contributed by atoms with Crippen LogP contribution in [0.2, 0.25) is 0 Å². The molecule has 0 radical (unpaired) electrons. The maximum atomic E-state index is 11.7. The number of hydrogen-bond donors (Lipinski definition) is 3. The fraction of sp³-hybridized carbons (Fsp3) is 0.533. The molecular weight excluding hydrogens is 269 g/mol. The maximum absolute atomic E-state index is 11.7. The average molecular weight is 293 g/mol. The summed E-state index contributed by atoms with van der Waals surface area (Å²) in [5, 5.41) is 21.2. The molecule has 0 aliphatic rings. The van der Waals surface area contributed by atoms with Crippen LogP contribution in [0.5, 0.6) is 0 Å². The van der Waals surface area contributed by atoms with E-state index in [1.807, 2.05) is 40.7 Å². The van der Waals surface area contributed by atoms with Gasteiger partial charge >= 0.3 is 13.2 Å². The highest BCUT2D eigenvalue weighted by Gasteiger charge is 2.24. The van der Waals surface area contributed by atoms with Crippen LogP contribution in [0.25, 0.3) is 0 Å². The molecule has 1 rings (SSSR count). The minimum absolute atomic E-state index is 0.359. The van der Waals surface area contributed by atoms with Crippen molar-refractivity contribution in [2.75, 3.05) is 6.54 Å². The van der Waals surface area contributed by atoms with E-state index < -0.39 is 18.8 Å². The zero-order valence-electron chi connectivity index (χ0n) is 13.3. The zero-order chi connectivity index (χ0) is 16.3. The molecule has 1 aromatic carbocycles. The summed E-state index contributed by atoms with van der Waals surface area (Å²) in [4.78, 5) is 11.7. The highest BCUT2D eigenvalue weighted by Crippen LogP contribution is 2.21. The second kappa shape index (κ2) is 6.49. The molecule has 0 aliphatic heterocycles. The third-order valence-electron chi connectivity index (χ3n) is 3.04. The van der Waals surface area contributed by atoms with Crippen LogP contribution in [0.1, 0.15) is 40.2 Å². The van der Waals surface area contributed by atoms with E-state index in [9.17, 15) is 14.8 Å². The Balaban J connectivity index is 2.73. The van der Waals surface area contributed by atoms with Crippen LogP contribution in [0.15, 0.2) is 24.3 Å². The lowest BCUT2D eigenvalue weighted by molar-refractivity contribution is 0.0517. The molecule has 0 bridgehead atoms. The van der Waals surface area contributed by atoms with E-state index in [4.69, 9.17) is 4.74 Å². The van der Waals surface area contributed by atoms with E-state index in [1.165, 1.54) is 0 Å². The summed E-state index contributed by atoms with van der Waals surface area (Å²) in [6.07, 6.45) is -0.464. The van der Waals surface area contributed by atoms with Gasteiger partial charge in [0.25, 0.3) is 0 Å². The number of hydrogen-bond acceptors (Lipinski definition) is 4. The van der Waals surface area contributed by atoms with Crippen molar-refractivity contribution in [2.45, 2.75) is 45.6 Å². The molecular formula is C15H24BNO4. The molecule has 0 unspecified atom stereocenters. The third-order valence-corrected chi connectivity index (χ3v) is 3.04. The summed E-state index contributed by atoms with van der Waals surface area (Å²) in [5.74, 6) is 0. The second-order valence-electron chi connectivity index (χ2n) is 6.74. The predicted molar refractivity (Wildman–Crippen MR) is 83.5 cm³/mol. The van der Waals surface area contributed by atoms with E-state index in [0.717, 1.165) is 5.56 Å². The molecule has 1 aromatic rings. The number of carbonyl (C=O) groups is 1. The first-order chi connectivity index (χ1) is 9.51. The van der Waals surface area contributed by atoms with Crippen LogP contribution >= 0.6 is 0 Å². The van der Waals surface area contributed by atoms with Gasteiger partial charge in [0, 0.05) is 12.0 Å². The predicted octanol–water partition coefficient (Wildman–Crippen LogP) is 1.17. The highest BCUT2D eigenvalue weighted by atomic mass is 16.6. The second-order valence-corrected chi connectivity index (χ2v) is 6.74. The molecule has 1 amide bonds. The van der Waals surface area contributed by atoms with Gasteiger partial charge in [-0.2, -0.15) is 0 Å². The van der Waals surface area contributed by atoms with E-state index >= 15 is 0 Å². The lowest BCUT2D eigenvalue weighted by Gasteiger charge is -2.27. The average Bonchev–Trinajstić information content (AvgIpc) is 2.35. The minimum Gasteiger partial charge on any atom is -0.444 e. The quantitative estimate of drug-likeness (QED) is 0.728. The van der Waals surface area contributed by atoms with Gasteiger partial charge in [0.1, 0.15) is 5.60 Å². The van der Waals surface area contributed by atoms with Gasteiger partial charge in [-0.25, -0.2) is 4.79 Å². The first-order valence-corrected chi connectivity index (χ1v) is 6.95. The van der Waals surface area contributed by atoms with Gasteiger partial charge in [-0.15, -0.1) is 0 Å². The Bertz CT molecular complexity index is 495. The molecule has 21 heavy (non-hydrogen) atoms. The summed E-state index contributed by atoms with van der Waals surface area (Å²) in [5.41, 5.74) is 0.443. The molecule has 5 nitrogen and oxygen atoms in total. The summed E-state index contributed by atoms with van der Waals surface area (Å²) in [7, 11) is -1.50. The van der Waals surface area contributed by atoms with Crippen LogP contribution in [0, 0.1) is 0 Å². The number of amides is 1. The lowest BCUT2D eigenvalue weighted by Crippen LogP contribution is -2.40. The van der Waals surface area contributed by atoms with Crippen LogP contribution < -0.4 is 10.8 Å². The fourth-order valence-electron chi connectivity index (χ4n) is 1.83. The van der Waals surface area contributed by atoms with Crippen molar-refractivity contribution in [1.29, 1.82) is 0 Å². The van der Waals surface area contributed by atoms with E-state index in [-0.39, 0.29) is 5.41 Å². The standard InChI is InChI=1S/C15H24BNO4/c1-14(2,3)21-13(18)17-10-15(4,5)11-7-6-8-12(9-11)16(19)20/h6-9,19-20H,10H2,1-5H3,(H,17,18). The molecule has 3 N–H and O–H groups in total. The minimum atomic E-state index is -1.50. The Labute approximate surface area is 126 Å². The Morgan fingerprint density at radius 3 is 2.38 bits per heavy atom. The van der Waals surface area contributed by atoms with Gasteiger partial charge in [-0.05, 0) is 31.8 Å². The molecule has 116 valence electrons. The molecule has 0 spiro atoms. The van der Waals surface area contributed by atoms with Crippen molar-refractivity contribution in [3.05, 3.63) is 29.8 Å². The summed E-state index contributed by atoms with van der Waals surface area (Å²) < 4.78 is 5.20. The Kier molecular flexibility index (Phi) is 5.42. The molecule has 0 aromatic heterocycles. The Hall–Kier alpha value is -1.53. The number of carbonyl (C=O) groups excluding carboxylic acids is 1. The van der Waals surface area contributed by atoms with Gasteiger partial charge in [0.05, 0.1) is 0 Å². The smallest absolute Gasteiger partial charge is 0.444 e. The molecule has 6 heteroatoms. The molecule has 0 saturated carbocycles. The van der Waals surface area contributed by atoms with Crippen molar-refractivity contribution in [3.8, 4) is 0 Å².